The molecule has 0 aliphatic heterocycles. The highest BCUT2D eigenvalue weighted by Gasteiger charge is 2.30. The number of nitrogens with zero attached hydrogens (tertiary/aromatic N) is 3. The zero-order chi connectivity index (χ0) is 21.3. The molecule has 0 fully saturated rings. The van der Waals surface area contributed by atoms with Crippen molar-refractivity contribution in [3.8, 4) is 5.75 Å². The van der Waals surface area contributed by atoms with Crippen molar-refractivity contribution in [2.75, 3.05) is 20.1 Å². The lowest BCUT2D eigenvalue weighted by molar-refractivity contribution is -0.137. The number of halogens is 3. The van der Waals surface area contributed by atoms with E-state index < -0.39 is 11.7 Å². The molecule has 1 unspecified atom stereocenters. The van der Waals surface area contributed by atoms with E-state index in [9.17, 15) is 13.2 Å². The normalized spacial score (nSPS) is 13.2. The van der Waals surface area contributed by atoms with Gasteiger partial charge in [0, 0.05) is 20.0 Å². The average Bonchev–Trinajstić information content (AvgIpc) is 3.11. The van der Waals surface area contributed by atoms with Crippen LogP contribution in [0.15, 0.2) is 33.8 Å². The summed E-state index contributed by atoms with van der Waals surface area (Å²) >= 11 is 0. The van der Waals surface area contributed by atoms with Crippen molar-refractivity contribution in [1.82, 2.24) is 20.8 Å². The molecule has 1 aromatic carbocycles. The highest BCUT2D eigenvalue weighted by Crippen LogP contribution is 2.31. The Hall–Kier alpha value is -2.78. The van der Waals surface area contributed by atoms with Crippen LogP contribution in [-0.2, 0) is 12.6 Å². The lowest BCUT2D eigenvalue weighted by Gasteiger charge is -2.20. The Bertz CT molecular complexity index is 792. The largest absolute Gasteiger partial charge is 0.489 e. The van der Waals surface area contributed by atoms with Crippen LogP contribution in [-0.4, -0.2) is 42.3 Å². The van der Waals surface area contributed by atoms with Crippen LogP contribution in [0.2, 0.25) is 0 Å². The van der Waals surface area contributed by atoms with Crippen LogP contribution in [0, 0.1) is 6.92 Å². The molecule has 160 valence electrons. The molecule has 2 rings (SSSR count). The summed E-state index contributed by atoms with van der Waals surface area (Å²) in [6.07, 6.45) is -2.65. The summed E-state index contributed by atoms with van der Waals surface area (Å²) in [6, 6.07) is 4.89. The van der Waals surface area contributed by atoms with Gasteiger partial charge in [-0.15, -0.1) is 0 Å². The third-order valence-electron chi connectivity index (χ3n) is 4.07. The number of benzene rings is 1. The molecule has 0 amide bonds. The number of rotatable bonds is 9. The molecule has 0 aliphatic carbocycles. The third kappa shape index (κ3) is 7.63. The fraction of sp³-hybridized carbons (Fsp3) is 0.526. The van der Waals surface area contributed by atoms with Crippen molar-refractivity contribution in [2.45, 2.75) is 45.4 Å². The Morgan fingerprint density at radius 2 is 2.10 bits per heavy atom. The predicted molar refractivity (Wildman–Crippen MR) is 103 cm³/mol. The van der Waals surface area contributed by atoms with Gasteiger partial charge in [0.15, 0.2) is 11.8 Å². The van der Waals surface area contributed by atoms with E-state index in [0.717, 1.165) is 18.6 Å². The van der Waals surface area contributed by atoms with Gasteiger partial charge in [-0.2, -0.15) is 18.2 Å². The van der Waals surface area contributed by atoms with Crippen LogP contribution in [0.5, 0.6) is 5.75 Å². The Labute approximate surface area is 167 Å². The van der Waals surface area contributed by atoms with Gasteiger partial charge in [0.1, 0.15) is 11.9 Å². The van der Waals surface area contributed by atoms with E-state index in [2.05, 4.69) is 25.8 Å². The Kier molecular flexibility index (Phi) is 8.29. The Morgan fingerprint density at radius 3 is 2.72 bits per heavy atom. The molecule has 10 heteroatoms. The quantitative estimate of drug-likeness (QED) is 0.373. The number of nitrogens with one attached hydrogen (secondary N) is 2. The number of hydrogen-bond acceptors (Lipinski definition) is 5. The van der Waals surface area contributed by atoms with Crippen molar-refractivity contribution in [3.05, 3.63) is 41.5 Å². The number of aliphatic imine (C=N–C) groups is 1. The highest BCUT2D eigenvalue weighted by atomic mass is 19.4. The van der Waals surface area contributed by atoms with Gasteiger partial charge in [-0.1, -0.05) is 18.1 Å². The monoisotopic (exact) mass is 413 g/mol. The zero-order valence-electron chi connectivity index (χ0n) is 16.7. The minimum atomic E-state index is -4.40. The second kappa shape index (κ2) is 10.7. The molecule has 1 aromatic heterocycles. The molecule has 0 bridgehead atoms. The first-order valence-corrected chi connectivity index (χ1v) is 9.39. The van der Waals surface area contributed by atoms with E-state index in [1.807, 2.05) is 6.92 Å². The van der Waals surface area contributed by atoms with Gasteiger partial charge in [-0.3, -0.25) is 4.99 Å². The summed E-state index contributed by atoms with van der Waals surface area (Å²) in [4.78, 5) is 8.28. The lowest BCUT2D eigenvalue weighted by atomic mass is 10.2. The van der Waals surface area contributed by atoms with E-state index in [0.29, 0.717) is 43.6 Å². The average molecular weight is 413 g/mol. The third-order valence-corrected chi connectivity index (χ3v) is 4.07. The molecule has 0 radical (unpaired) electrons. The second-order valence-corrected chi connectivity index (χ2v) is 6.39. The Balaban J connectivity index is 1.77. The molecule has 2 aromatic rings. The van der Waals surface area contributed by atoms with Crippen LogP contribution in [0.25, 0.3) is 0 Å². The summed E-state index contributed by atoms with van der Waals surface area (Å²) in [5, 5.41) is 10.0. The molecular weight excluding hydrogens is 387 g/mol. The summed E-state index contributed by atoms with van der Waals surface area (Å²) < 4.78 is 49.3. The molecule has 29 heavy (non-hydrogen) atoms. The molecule has 1 heterocycles. The SMILES string of the molecule is CCC(CNC(=NC)NCCCc1nc(C)no1)Oc1cccc(C(F)(F)F)c1. The number of ether oxygens (including phenoxy) is 1. The summed E-state index contributed by atoms with van der Waals surface area (Å²) in [7, 11) is 1.64. The fourth-order valence-electron chi connectivity index (χ4n) is 2.53. The summed E-state index contributed by atoms with van der Waals surface area (Å²) in [5.74, 6) is 1.97. The maximum Gasteiger partial charge on any atom is 0.416 e. The lowest BCUT2D eigenvalue weighted by Crippen LogP contribution is -2.42. The van der Waals surface area contributed by atoms with E-state index >= 15 is 0 Å². The van der Waals surface area contributed by atoms with Crippen LogP contribution in [0.3, 0.4) is 0 Å². The van der Waals surface area contributed by atoms with E-state index in [-0.39, 0.29) is 11.9 Å². The summed E-state index contributed by atoms with van der Waals surface area (Å²) in [6.45, 7) is 4.72. The molecule has 1 atom stereocenters. The molecule has 0 spiro atoms. The van der Waals surface area contributed by atoms with Gasteiger partial charge in [-0.25, -0.2) is 0 Å². The van der Waals surface area contributed by atoms with Gasteiger partial charge >= 0.3 is 6.18 Å². The van der Waals surface area contributed by atoms with Crippen molar-refractivity contribution in [1.29, 1.82) is 0 Å². The molecule has 7 nitrogen and oxygen atoms in total. The van der Waals surface area contributed by atoms with Gasteiger partial charge in [0.25, 0.3) is 0 Å². The number of aromatic nitrogens is 2. The van der Waals surface area contributed by atoms with Crippen molar-refractivity contribution < 1.29 is 22.4 Å². The minimum Gasteiger partial charge on any atom is -0.489 e. The topological polar surface area (TPSA) is 84.6 Å². The highest BCUT2D eigenvalue weighted by molar-refractivity contribution is 5.79. The molecule has 0 saturated heterocycles. The minimum absolute atomic E-state index is 0.186. The van der Waals surface area contributed by atoms with Crippen LogP contribution in [0.1, 0.15) is 37.0 Å². The van der Waals surface area contributed by atoms with E-state index in [1.54, 1.807) is 14.0 Å². The maximum atomic E-state index is 12.8. The first-order valence-electron chi connectivity index (χ1n) is 9.39. The Morgan fingerprint density at radius 1 is 1.31 bits per heavy atom. The van der Waals surface area contributed by atoms with Crippen LogP contribution in [0.4, 0.5) is 13.2 Å². The van der Waals surface area contributed by atoms with Crippen molar-refractivity contribution in [3.63, 3.8) is 0 Å². The maximum absolute atomic E-state index is 12.8. The molecule has 2 N–H and O–H groups in total. The number of aryl methyl sites for hydroxylation is 2. The number of hydrogen-bond donors (Lipinski definition) is 2. The molecule has 0 saturated carbocycles. The van der Waals surface area contributed by atoms with E-state index in [4.69, 9.17) is 9.26 Å². The first kappa shape index (κ1) is 22.5. The predicted octanol–water partition coefficient (Wildman–Crippen LogP) is 3.35. The standard InChI is InChI=1S/C19H26F3N5O2/c1-4-15(28-16-8-5-7-14(11-16)19(20,21)22)12-25-18(23-3)24-10-6-9-17-26-13(2)27-29-17/h5,7-8,11,15H,4,6,9-10,12H2,1-3H3,(H2,23,24,25). The van der Waals surface area contributed by atoms with Crippen LogP contribution < -0.4 is 15.4 Å². The molecule has 0 aliphatic rings. The summed E-state index contributed by atoms with van der Waals surface area (Å²) in [5.41, 5.74) is -0.730. The van der Waals surface area contributed by atoms with Crippen molar-refractivity contribution >= 4 is 5.96 Å². The van der Waals surface area contributed by atoms with Crippen LogP contribution >= 0.6 is 0 Å². The zero-order valence-corrected chi connectivity index (χ0v) is 16.7. The smallest absolute Gasteiger partial charge is 0.416 e. The number of guanidine groups is 1. The van der Waals surface area contributed by atoms with Gasteiger partial charge in [0.2, 0.25) is 5.89 Å². The van der Waals surface area contributed by atoms with Gasteiger partial charge < -0.3 is 19.9 Å². The first-order chi connectivity index (χ1) is 13.8. The molecular formula is C19H26F3N5O2. The second-order valence-electron chi connectivity index (χ2n) is 6.39. The number of alkyl halides is 3. The van der Waals surface area contributed by atoms with E-state index in [1.165, 1.54) is 12.1 Å². The van der Waals surface area contributed by atoms with Gasteiger partial charge in [0.05, 0.1) is 12.1 Å². The van der Waals surface area contributed by atoms with Gasteiger partial charge in [-0.05, 0) is 38.0 Å². The fourth-order valence-corrected chi connectivity index (χ4v) is 2.53. The van der Waals surface area contributed by atoms with Crippen molar-refractivity contribution in [2.24, 2.45) is 4.99 Å².